The van der Waals surface area contributed by atoms with Crippen molar-refractivity contribution in [1.29, 1.82) is 5.26 Å². The summed E-state index contributed by atoms with van der Waals surface area (Å²) in [6.45, 7) is 6.13. The number of carbonyl (C=O) groups is 4. The summed E-state index contributed by atoms with van der Waals surface area (Å²) in [5.74, 6) is -1.37. The van der Waals surface area contributed by atoms with Crippen molar-refractivity contribution in [2.45, 2.75) is 44.2 Å². The zero-order chi connectivity index (χ0) is 36.7. The van der Waals surface area contributed by atoms with Crippen LogP contribution in [0.2, 0.25) is 10.0 Å². The normalized spacial score (nSPS) is 12.7. The van der Waals surface area contributed by atoms with Crippen LogP contribution in [-0.4, -0.2) is 46.6 Å². The Bertz CT molecular complexity index is 2050. The third-order valence-electron chi connectivity index (χ3n) is 7.33. The number of anilines is 2. The Balaban J connectivity index is 1.24. The van der Waals surface area contributed by atoms with Crippen molar-refractivity contribution in [2.24, 2.45) is 0 Å². The average Bonchev–Trinajstić information content (AvgIpc) is 3.43. The topological polar surface area (TPSA) is 141 Å². The maximum Gasteiger partial charge on any atom is 0.410 e. The van der Waals surface area contributed by atoms with E-state index < -0.39 is 23.5 Å². The Labute approximate surface area is 313 Å². The molecular formula is C37H33Cl2N5O5S2. The van der Waals surface area contributed by atoms with Gasteiger partial charge in [0.25, 0.3) is 11.8 Å². The highest BCUT2D eigenvalue weighted by atomic mass is 35.5. The fourth-order valence-electron chi connectivity index (χ4n) is 4.98. The Morgan fingerprint density at radius 1 is 1.02 bits per heavy atom. The van der Waals surface area contributed by atoms with Crippen molar-refractivity contribution in [3.05, 3.63) is 116 Å². The van der Waals surface area contributed by atoms with Gasteiger partial charge in [-0.1, -0.05) is 53.5 Å². The minimum absolute atomic E-state index is 0.0300. The Hall–Kier alpha value is -4.80. The number of thiophene rings is 1. The predicted molar refractivity (Wildman–Crippen MR) is 202 cm³/mol. The maximum absolute atomic E-state index is 13.5. The number of fused-ring (bicyclic) bond motifs is 1. The first-order chi connectivity index (χ1) is 24.3. The molecule has 14 heteroatoms. The van der Waals surface area contributed by atoms with Gasteiger partial charge < -0.3 is 25.6 Å². The highest BCUT2D eigenvalue weighted by molar-refractivity contribution is 8.00. The molecule has 0 saturated carbocycles. The van der Waals surface area contributed by atoms with Gasteiger partial charge in [0, 0.05) is 37.6 Å². The molecule has 2 heterocycles. The van der Waals surface area contributed by atoms with E-state index in [4.69, 9.17) is 27.9 Å². The van der Waals surface area contributed by atoms with E-state index in [0.29, 0.717) is 61.8 Å². The number of hydrogen-bond donors (Lipinski definition) is 3. The molecule has 51 heavy (non-hydrogen) atoms. The first-order valence-electron chi connectivity index (χ1n) is 15.7. The van der Waals surface area contributed by atoms with Gasteiger partial charge in [0.2, 0.25) is 5.91 Å². The van der Waals surface area contributed by atoms with Crippen molar-refractivity contribution < 1.29 is 23.9 Å². The number of rotatable bonds is 9. The molecule has 3 N–H and O–H groups in total. The number of thioether (sulfide) groups is 1. The smallest absolute Gasteiger partial charge is 0.410 e. The molecule has 1 aromatic heterocycles. The van der Waals surface area contributed by atoms with Crippen molar-refractivity contribution in [3.8, 4) is 6.07 Å². The fourth-order valence-corrected chi connectivity index (χ4v) is 7.43. The number of amides is 4. The molecule has 4 aromatic rings. The Morgan fingerprint density at radius 3 is 2.49 bits per heavy atom. The third-order valence-corrected chi connectivity index (χ3v) is 10.0. The van der Waals surface area contributed by atoms with Gasteiger partial charge in [-0.15, -0.1) is 23.1 Å². The number of nitriles is 1. The molecule has 262 valence electrons. The predicted octanol–water partition coefficient (Wildman–Crippen LogP) is 8.36. The standard InChI is InChI=1S/C37H33Cl2N5O5S2/c1-37(2,3)49-36(48)44-15-14-27-28(19-40)35(51-31(27)20-44)43-32(45)21-50-26-11-7-10-25(18-26)41-34(47)30(16-23-12-13-24(38)17-29(23)39)42-33(46)22-8-5-4-6-9-22/h4-13,16-18H,14-15,20-21H2,1-3H3,(H,41,47)(H,42,46)(H,43,45)/b30-16+. The van der Waals surface area contributed by atoms with Gasteiger partial charge in [-0.2, -0.15) is 5.26 Å². The quantitative estimate of drug-likeness (QED) is 0.115. The molecule has 0 unspecified atom stereocenters. The lowest BCUT2D eigenvalue weighted by Crippen LogP contribution is -2.39. The van der Waals surface area contributed by atoms with Gasteiger partial charge in [-0.3, -0.25) is 14.4 Å². The van der Waals surface area contributed by atoms with Crippen LogP contribution in [0, 0.1) is 11.3 Å². The number of hydrogen-bond acceptors (Lipinski definition) is 8. The number of benzene rings is 3. The second-order valence-corrected chi connectivity index (χ2v) is 15.3. The molecule has 0 spiro atoms. The average molecular weight is 763 g/mol. The van der Waals surface area contributed by atoms with Crippen molar-refractivity contribution in [2.75, 3.05) is 22.9 Å². The highest BCUT2D eigenvalue weighted by Gasteiger charge is 2.30. The number of carbonyl (C=O) groups excluding carboxylic acids is 4. The molecule has 0 radical (unpaired) electrons. The summed E-state index contributed by atoms with van der Waals surface area (Å²) in [5.41, 5.74) is 1.83. The Kier molecular flexibility index (Phi) is 12.1. The van der Waals surface area contributed by atoms with Crippen LogP contribution in [0.1, 0.15) is 52.7 Å². The highest BCUT2D eigenvalue weighted by Crippen LogP contribution is 2.37. The number of halogens is 2. The number of nitrogens with zero attached hydrogens (tertiary/aromatic N) is 2. The van der Waals surface area contributed by atoms with Gasteiger partial charge >= 0.3 is 6.09 Å². The summed E-state index contributed by atoms with van der Waals surface area (Å²) in [6, 6.07) is 22.4. The minimum atomic E-state index is -0.626. The Morgan fingerprint density at radius 2 is 1.78 bits per heavy atom. The van der Waals surface area contributed by atoms with E-state index in [1.807, 2.05) is 0 Å². The molecule has 0 saturated heterocycles. The van der Waals surface area contributed by atoms with E-state index in [1.54, 1.807) is 92.4 Å². The molecule has 5 rings (SSSR count). The monoisotopic (exact) mass is 761 g/mol. The van der Waals surface area contributed by atoms with Crippen LogP contribution in [0.25, 0.3) is 6.08 Å². The summed E-state index contributed by atoms with van der Waals surface area (Å²) in [7, 11) is 0. The molecule has 10 nitrogen and oxygen atoms in total. The fraction of sp³-hybridized carbons (Fsp3) is 0.216. The van der Waals surface area contributed by atoms with Crippen LogP contribution >= 0.6 is 46.3 Å². The van der Waals surface area contributed by atoms with E-state index in [1.165, 1.54) is 35.2 Å². The van der Waals surface area contributed by atoms with Crippen LogP contribution in [-0.2, 0) is 27.3 Å². The summed E-state index contributed by atoms with van der Waals surface area (Å²) in [5, 5.41) is 19.4. The second kappa shape index (κ2) is 16.5. The molecular weight excluding hydrogens is 729 g/mol. The first-order valence-corrected chi connectivity index (χ1v) is 18.2. The van der Waals surface area contributed by atoms with Crippen LogP contribution in [0.5, 0.6) is 0 Å². The summed E-state index contributed by atoms with van der Waals surface area (Å²) in [4.78, 5) is 55.3. The molecule has 0 atom stereocenters. The molecule has 0 fully saturated rings. The van der Waals surface area contributed by atoms with Gasteiger partial charge in [-0.25, -0.2) is 4.79 Å². The lowest BCUT2D eigenvalue weighted by Gasteiger charge is -2.29. The lowest BCUT2D eigenvalue weighted by atomic mass is 10.0. The first kappa shape index (κ1) is 37.5. The number of ether oxygens (including phenoxy) is 1. The molecule has 1 aliphatic rings. The maximum atomic E-state index is 13.5. The number of nitrogens with one attached hydrogen (secondary N) is 3. The molecule has 0 bridgehead atoms. The van der Waals surface area contributed by atoms with Crippen LogP contribution in [0.3, 0.4) is 0 Å². The SMILES string of the molecule is CC(C)(C)OC(=O)N1CCc2c(sc(NC(=O)CSc3cccc(NC(=O)/C(=C\c4ccc(Cl)cc4Cl)NC(=O)c4ccccc4)c3)c2C#N)C1. The summed E-state index contributed by atoms with van der Waals surface area (Å²) in [6.07, 6.45) is 1.53. The van der Waals surface area contributed by atoms with E-state index in [2.05, 4.69) is 22.0 Å². The minimum Gasteiger partial charge on any atom is -0.444 e. The van der Waals surface area contributed by atoms with Gasteiger partial charge in [-0.05, 0) is 86.9 Å². The molecule has 0 aliphatic carbocycles. The van der Waals surface area contributed by atoms with Crippen LogP contribution in [0.4, 0.5) is 15.5 Å². The molecule has 1 aliphatic heterocycles. The zero-order valence-corrected chi connectivity index (χ0v) is 31.0. The van der Waals surface area contributed by atoms with Gasteiger partial charge in [0.1, 0.15) is 22.4 Å². The van der Waals surface area contributed by atoms with Crippen molar-refractivity contribution in [1.82, 2.24) is 10.2 Å². The molecule has 4 amide bonds. The largest absolute Gasteiger partial charge is 0.444 e. The van der Waals surface area contributed by atoms with Crippen molar-refractivity contribution in [3.63, 3.8) is 0 Å². The lowest BCUT2D eigenvalue weighted by molar-refractivity contribution is -0.114. The van der Waals surface area contributed by atoms with Crippen LogP contribution < -0.4 is 16.0 Å². The van der Waals surface area contributed by atoms with E-state index in [0.717, 1.165) is 10.4 Å². The van der Waals surface area contributed by atoms with E-state index >= 15 is 0 Å². The second-order valence-electron chi connectivity index (χ2n) is 12.3. The third kappa shape index (κ3) is 10.1. The summed E-state index contributed by atoms with van der Waals surface area (Å²) < 4.78 is 5.50. The summed E-state index contributed by atoms with van der Waals surface area (Å²) >= 11 is 14.9. The van der Waals surface area contributed by atoms with Gasteiger partial charge in [0.05, 0.1) is 17.9 Å². The van der Waals surface area contributed by atoms with E-state index in [9.17, 15) is 24.4 Å². The van der Waals surface area contributed by atoms with Crippen molar-refractivity contribution >= 4 is 86.9 Å². The van der Waals surface area contributed by atoms with Crippen LogP contribution in [0.15, 0.2) is 83.4 Å². The van der Waals surface area contributed by atoms with Gasteiger partial charge in [0.15, 0.2) is 0 Å². The van der Waals surface area contributed by atoms with E-state index in [-0.39, 0.29) is 17.4 Å². The molecule has 3 aromatic carbocycles. The zero-order valence-electron chi connectivity index (χ0n) is 27.8.